The third kappa shape index (κ3) is 4.08. The second-order valence-electron chi connectivity index (χ2n) is 12.7. The molecule has 0 atom stereocenters. The van der Waals surface area contributed by atoms with E-state index in [1.807, 2.05) is 30.3 Å². The van der Waals surface area contributed by atoms with Gasteiger partial charge in [0, 0.05) is 12.5 Å². The zero-order chi connectivity index (χ0) is 35.3. The number of rotatable bonds is 3. The van der Waals surface area contributed by atoms with Crippen LogP contribution in [-0.2, 0) is 6.42 Å². The smallest absolute Gasteiger partial charge is 0.220 e. The van der Waals surface area contributed by atoms with E-state index in [4.69, 9.17) is 11.8 Å². The third-order valence-corrected chi connectivity index (χ3v) is 9.24. The molecule has 9 rings (SSSR count). The molecule has 0 saturated carbocycles. The fraction of sp³-hybridized carbons (Fsp3) is 0.140. The molecule has 1 aliphatic rings. The van der Waals surface area contributed by atoms with Gasteiger partial charge >= 0.3 is 0 Å². The van der Waals surface area contributed by atoms with Crippen molar-refractivity contribution in [2.45, 2.75) is 33.5 Å². The van der Waals surface area contributed by atoms with Gasteiger partial charge in [-0.1, -0.05) is 124 Å². The van der Waals surface area contributed by atoms with E-state index in [1.165, 1.54) is 41.7 Å². The predicted octanol–water partition coefficient (Wildman–Crippen LogP) is 11.4. The Kier molecular flexibility index (Phi) is 4.84. The number of nitrogens with zero attached hydrogens (tertiary/aromatic N) is 3. The predicted molar refractivity (Wildman–Crippen MR) is 193 cm³/mol. The molecule has 46 heavy (non-hydrogen) atoms. The Bertz CT molecular complexity index is 2670. The van der Waals surface area contributed by atoms with E-state index in [2.05, 4.69) is 112 Å². The minimum absolute atomic E-state index is 0.0790. The van der Waals surface area contributed by atoms with Gasteiger partial charge in [-0.15, -0.1) is 0 Å². The summed E-state index contributed by atoms with van der Waals surface area (Å²) in [5, 5.41) is 0. The van der Waals surface area contributed by atoms with E-state index in [1.54, 1.807) is 0 Å². The lowest BCUT2D eigenvalue weighted by Crippen LogP contribution is -2.06. The lowest BCUT2D eigenvalue weighted by molar-refractivity contribution is 0.378. The molecule has 0 N–H and O–H groups in total. The molecule has 3 heteroatoms. The second kappa shape index (κ2) is 10.1. The van der Waals surface area contributed by atoms with E-state index in [0.29, 0.717) is 16.9 Å². The normalized spacial score (nSPS) is 14.6. The third-order valence-electron chi connectivity index (χ3n) is 9.24. The molecular weight excluding hydrogens is 558 g/mol. The van der Waals surface area contributed by atoms with E-state index in [0.717, 1.165) is 38.9 Å². The molecule has 222 valence electrons. The quantitative estimate of drug-likeness (QED) is 0.198. The Morgan fingerprint density at radius 2 is 1.11 bits per heavy atom. The topological polar surface area (TPSA) is 22.2 Å². The fourth-order valence-electron chi connectivity index (χ4n) is 7.18. The minimum Gasteiger partial charge on any atom is -0.278 e. The summed E-state index contributed by atoms with van der Waals surface area (Å²) in [7, 11) is 0. The molecule has 2 aromatic heterocycles. The Morgan fingerprint density at radius 3 is 1.72 bits per heavy atom. The summed E-state index contributed by atoms with van der Waals surface area (Å²) in [6, 6.07) is 46.5. The summed E-state index contributed by atoms with van der Waals surface area (Å²) in [6.45, 7) is 0.503. The van der Waals surface area contributed by atoms with Crippen LogP contribution in [0, 0.1) is 5.41 Å². The molecule has 3 nitrogen and oxygen atoms in total. The van der Waals surface area contributed by atoms with Crippen LogP contribution >= 0.6 is 0 Å². The summed E-state index contributed by atoms with van der Waals surface area (Å²) < 4.78 is 46.5. The van der Waals surface area contributed by atoms with Crippen molar-refractivity contribution in [3.05, 3.63) is 139 Å². The summed E-state index contributed by atoms with van der Waals surface area (Å²) >= 11 is 0. The van der Waals surface area contributed by atoms with Gasteiger partial charge < -0.3 is 0 Å². The second-order valence-corrected chi connectivity index (χ2v) is 12.7. The lowest BCUT2D eigenvalue weighted by Gasteiger charge is -2.23. The highest BCUT2D eigenvalue weighted by Crippen LogP contribution is 2.48. The molecule has 0 amide bonds. The van der Waals surface area contributed by atoms with Crippen molar-refractivity contribution in [1.29, 1.82) is 0 Å². The number of benzene rings is 6. The molecule has 8 aromatic rings. The first-order valence-electron chi connectivity index (χ1n) is 18.3. The molecule has 0 saturated heterocycles. The average Bonchev–Trinajstić information content (AvgIpc) is 3.66. The Balaban J connectivity index is 1.30. The molecule has 0 radical (unpaired) electrons. The van der Waals surface area contributed by atoms with E-state index in [9.17, 15) is 0 Å². The van der Waals surface area contributed by atoms with Crippen molar-refractivity contribution in [3.63, 3.8) is 0 Å². The van der Waals surface area contributed by atoms with Gasteiger partial charge in [0.2, 0.25) is 5.78 Å². The summed E-state index contributed by atoms with van der Waals surface area (Å²) in [5.41, 5.74) is 12.9. The molecule has 1 aliphatic carbocycles. The van der Waals surface area contributed by atoms with Crippen LogP contribution in [0.5, 0.6) is 0 Å². The minimum atomic E-state index is -2.47. The zero-order valence-electron chi connectivity index (χ0n) is 30.8. The first-order valence-corrected chi connectivity index (χ1v) is 15.8. The summed E-state index contributed by atoms with van der Waals surface area (Å²) in [6.07, 6.45) is -2.10. The molecule has 2 heterocycles. The standard InChI is InChI=1S/C43H35N3/c1-43(2,3)26-25-28-13-12-22-40-41(28)44-42-45(38-20-10-11-21-39(38)46(40)42)29-23-24-36-34-18-7-6-16-32(34)30-14-4-5-15-31(30)33-17-8-9-19-35(33)37(36)27-29/h4-24,27H,25-26H2,1-3H3/i1D3,26D2. The van der Waals surface area contributed by atoms with Crippen LogP contribution in [0.25, 0.3) is 78.0 Å². The number of fused-ring (bicyclic) bond motifs is 13. The Hall–Kier alpha value is -5.41. The molecule has 6 aromatic carbocycles. The Morgan fingerprint density at radius 1 is 0.587 bits per heavy atom. The SMILES string of the molecule is [2H]C([2H])([2H])C(C)(C)C([2H])([2H])Cc1cccc2c1nc1n(-c3ccc4c(c3)-c3ccccc3-c3ccccc3-c3ccccc3-4)c3ccccc3n21. The van der Waals surface area contributed by atoms with Crippen LogP contribution in [0.3, 0.4) is 0 Å². The van der Waals surface area contributed by atoms with Gasteiger partial charge in [0.05, 0.1) is 22.1 Å². The number of imidazole rings is 2. The first-order chi connectivity index (χ1) is 24.5. The highest BCUT2D eigenvalue weighted by Gasteiger charge is 2.24. The monoisotopic (exact) mass is 598 g/mol. The summed E-state index contributed by atoms with van der Waals surface area (Å²) in [4.78, 5) is 5.23. The van der Waals surface area contributed by atoms with Gasteiger partial charge in [-0.05, 0) is 98.6 Å². The van der Waals surface area contributed by atoms with Gasteiger partial charge in [-0.2, -0.15) is 0 Å². The number of hydrogen-bond donors (Lipinski definition) is 0. The van der Waals surface area contributed by atoms with Crippen LogP contribution < -0.4 is 0 Å². The maximum absolute atomic E-state index is 8.95. The number of aromatic nitrogens is 3. The molecule has 0 aliphatic heterocycles. The van der Waals surface area contributed by atoms with Crippen molar-refractivity contribution in [2.24, 2.45) is 5.41 Å². The van der Waals surface area contributed by atoms with Crippen LogP contribution in [0.2, 0.25) is 0 Å². The van der Waals surface area contributed by atoms with Crippen LogP contribution in [0.4, 0.5) is 0 Å². The first kappa shape index (κ1) is 22.2. The lowest BCUT2D eigenvalue weighted by atomic mass is 9.81. The molecule has 0 unspecified atom stereocenters. The number of para-hydroxylation sites is 3. The highest BCUT2D eigenvalue weighted by atomic mass is 15.2. The van der Waals surface area contributed by atoms with Crippen molar-refractivity contribution >= 4 is 27.8 Å². The molecular formula is C43H35N3. The summed E-state index contributed by atoms with van der Waals surface area (Å²) in [5.74, 6) is 0.708. The van der Waals surface area contributed by atoms with Crippen LogP contribution in [0.15, 0.2) is 133 Å². The average molecular weight is 599 g/mol. The zero-order valence-corrected chi connectivity index (χ0v) is 25.8. The van der Waals surface area contributed by atoms with Gasteiger partial charge in [0.1, 0.15) is 0 Å². The largest absolute Gasteiger partial charge is 0.278 e. The van der Waals surface area contributed by atoms with Gasteiger partial charge in [-0.25, -0.2) is 4.98 Å². The maximum Gasteiger partial charge on any atom is 0.220 e. The van der Waals surface area contributed by atoms with Crippen LogP contribution in [-0.4, -0.2) is 14.0 Å². The van der Waals surface area contributed by atoms with Gasteiger partial charge in [0.15, 0.2) is 0 Å². The van der Waals surface area contributed by atoms with E-state index in [-0.39, 0.29) is 6.42 Å². The van der Waals surface area contributed by atoms with Crippen LogP contribution in [0.1, 0.15) is 39.5 Å². The Labute approximate surface area is 276 Å². The van der Waals surface area contributed by atoms with Gasteiger partial charge in [0.25, 0.3) is 0 Å². The van der Waals surface area contributed by atoms with E-state index >= 15 is 0 Å². The number of aryl methyl sites for hydroxylation is 1. The van der Waals surface area contributed by atoms with Crippen molar-refractivity contribution in [1.82, 2.24) is 14.0 Å². The maximum atomic E-state index is 8.95. The fourth-order valence-corrected chi connectivity index (χ4v) is 7.18. The molecule has 0 bridgehead atoms. The highest BCUT2D eigenvalue weighted by molar-refractivity contribution is 6.03. The van der Waals surface area contributed by atoms with Crippen molar-refractivity contribution in [2.75, 3.05) is 0 Å². The number of hydrogen-bond acceptors (Lipinski definition) is 1. The molecule has 0 spiro atoms. The van der Waals surface area contributed by atoms with Crippen molar-refractivity contribution in [3.8, 4) is 50.2 Å². The van der Waals surface area contributed by atoms with Gasteiger partial charge in [-0.3, -0.25) is 8.97 Å². The van der Waals surface area contributed by atoms with Crippen molar-refractivity contribution < 1.29 is 6.85 Å². The molecule has 0 fully saturated rings. The van der Waals surface area contributed by atoms with E-state index < -0.39 is 18.6 Å².